The van der Waals surface area contributed by atoms with Gasteiger partial charge in [0.25, 0.3) is 11.8 Å². The average molecular weight is 850 g/mol. The van der Waals surface area contributed by atoms with Gasteiger partial charge in [0, 0.05) is 90.9 Å². The van der Waals surface area contributed by atoms with E-state index >= 15 is 0 Å². The molecule has 6 aromatic rings. The third kappa shape index (κ3) is 9.49. The summed E-state index contributed by atoms with van der Waals surface area (Å²) in [5.74, 6) is 2.24. The molecule has 9 nitrogen and oxygen atoms in total. The number of halogens is 3. The normalized spacial score (nSPS) is 16.6. The Morgan fingerprint density at radius 2 is 1.32 bits per heavy atom. The number of hydrogen-bond acceptors (Lipinski definition) is 5. The topological polar surface area (TPSA) is 81.8 Å². The van der Waals surface area contributed by atoms with E-state index in [1.807, 2.05) is 23.1 Å². The highest BCUT2D eigenvalue weighted by Crippen LogP contribution is 2.37. The number of unbranched alkanes of at least 4 members (excludes halogenated alkanes) is 1. The molecule has 2 aliphatic heterocycles. The Bertz CT molecular complexity index is 2520. The molecule has 0 bridgehead atoms. The first-order valence-corrected chi connectivity index (χ1v) is 21.8. The van der Waals surface area contributed by atoms with Crippen molar-refractivity contribution in [3.05, 3.63) is 125 Å². The number of rotatable bonds is 12. The summed E-state index contributed by atoms with van der Waals surface area (Å²) in [5, 5.41) is 2.53. The minimum atomic E-state index is -4.52. The molecule has 2 amide bonds. The molecular weight excluding hydrogens is 792 g/mol. The third-order valence-electron chi connectivity index (χ3n) is 12.4. The molecule has 5 heterocycles. The van der Waals surface area contributed by atoms with Crippen molar-refractivity contribution in [2.45, 2.75) is 90.9 Å². The molecule has 2 aliphatic rings. The van der Waals surface area contributed by atoms with Gasteiger partial charge in [-0.15, -0.1) is 0 Å². The molecule has 62 heavy (non-hydrogen) atoms. The van der Waals surface area contributed by atoms with Crippen LogP contribution in [0.25, 0.3) is 21.8 Å². The molecule has 0 N–H and O–H groups in total. The number of hydrogen-bond donors (Lipinski definition) is 0. The van der Waals surface area contributed by atoms with Gasteiger partial charge in [-0.25, -0.2) is 4.98 Å². The van der Waals surface area contributed by atoms with Crippen LogP contribution in [-0.2, 0) is 19.3 Å². The number of benzene rings is 3. The maximum atomic E-state index is 13.2. The lowest BCUT2D eigenvalue weighted by Crippen LogP contribution is -2.29. The van der Waals surface area contributed by atoms with Crippen molar-refractivity contribution >= 4 is 33.6 Å². The van der Waals surface area contributed by atoms with E-state index in [1.165, 1.54) is 45.9 Å². The SMILES string of the molecule is CCCCn1cc(C2CCN(C(=O)c3ccc(C(F)(F)F)nc3C)C2)c2ccccc21.COc1ccc(C(=O)N2CCC(c3cn(CCC(C)C)c4ccccc34)C2)cc1OC. The largest absolute Gasteiger partial charge is 0.493 e. The fourth-order valence-corrected chi connectivity index (χ4v) is 8.96. The third-order valence-corrected chi connectivity index (χ3v) is 12.4. The van der Waals surface area contributed by atoms with Crippen LogP contribution in [0.3, 0.4) is 0 Å². The standard InChI is InChI=1S/C26H32N2O3.C24H26F3N3O/c1-18(2)11-13-27-17-22(21-7-5-6-8-23(21)27)20-12-14-28(16-20)26(29)19-9-10-24(30-3)25(15-19)31-4;1-3-4-12-29-15-20(19-7-5-6-8-21(19)29)17-11-13-30(14-17)23(31)18-9-10-22(24(25,26)27)28-16(18)2/h5-10,15,17-18,20H,11-14,16H2,1-4H3;5-10,15,17H,3-4,11-14H2,1-2H3. The van der Waals surface area contributed by atoms with Crippen LogP contribution < -0.4 is 9.47 Å². The van der Waals surface area contributed by atoms with E-state index in [0.717, 1.165) is 64.3 Å². The van der Waals surface area contributed by atoms with Gasteiger partial charge in [-0.05, 0) is 92.1 Å². The number of fused-ring (bicyclic) bond motifs is 2. The number of aromatic nitrogens is 3. The molecule has 2 saturated heterocycles. The van der Waals surface area contributed by atoms with Gasteiger partial charge in [-0.1, -0.05) is 63.6 Å². The average Bonchev–Trinajstić information content (AvgIpc) is 4.10. The van der Waals surface area contributed by atoms with Gasteiger partial charge < -0.3 is 28.4 Å². The summed E-state index contributed by atoms with van der Waals surface area (Å²) in [6.45, 7) is 12.8. The molecule has 2 unspecified atom stereocenters. The van der Waals surface area contributed by atoms with Crippen LogP contribution >= 0.6 is 0 Å². The second-order valence-corrected chi connectivity index (χ2v) is 17.0. The first-order chi connectivity index (χ1) is 29.8. The van der Waals surface area contributed by atoms with Crippen LogP contribution in [-0.4, -0.2) is 76.1 Å². The maximum Gasteiger partial charge on any atom is 0.433 e. The summed E-state index contributed by atoms with van der Waals surface area (Å²) in [7, 11) is 3.19. The number of alkyl halides is 3. The Balaban J connectivity index is 0.000000186. The lowest BCUT2D eigenvalue weighted by Gasteiger charge is -2.18. The second-order valence-electron chi connectivity index (χ2n) is 17.0. The van der Waals surface area contributed by atoms with Crippen LogP contribution in [0.1, 0.15) is 108 Å². The molecule has 3 aromatic heterocycles. The van der Waals surface area contributed by atoms with Crippen LogP contribution in [0.2, 0.25) is 0 Å². The summed E-state index contributed by atoms with van der Waals surface area (Å²) in [4.78, 5) is 33.5. The first kappa shape index (κ1) is 44.3. The van der Waals surface area contributed by atoms with Crippen molar-refractivity contribution in [2.24, 2.45) is 5.92 Å². The zero-order chi connectivity index (χ0) is 44.1. The summed E-state index contributed by atoms with van der Waals surface area (Å²) < 4.78 is 54.0. The quantitative estimate of drug-likeness (QED) is 0.122. The Hall–Kier alpha value is -5.78. The number of para-hydroxylation sites is 2. The number of aryl methyl sites for hydroxylation is 3. The van der Waals surface area contributed by atoms with Gasteiger partial charge in [0.15, 0.2) is 11.5 Å². The molecule has 0 spiro atoms. The highest BCUT2D eigenvalue weighted by atomic mass is 19.4. The van der Waals surface area contributed by atoms with Crippen LogP contribution in [0.5, 0.6) is 11.5 Å². The number of carbonyl (C=O) groups is 2. The lowest BCUT2D eigenvalue weighted by molar-refractivity contribution is -0.141. The zero-order valence-corrected chi connectivity index (χ0v) is 36.7. The van der Waals surface area contributed by atoms with Crippen molar-refractivity contribution in [3.63, 3.8) is 0 Å². The van der Waals surface area contributed by atoms with Crippen molar-refractivity contribution in [3.8, 4) is 11.5 Å². The zero-order valence-electron chi connectivity index (χ0n) is 36.7. The van der Waals surface area contributed by atoms with Crippen molar-refractivity contribution < 1.29 is 32.2 Å². The van der Waals surface area contributed by atoms with E-state index in [-0.39, 0.29) is 29.0 Å². The van der Waals surface area contributed by atoms with Gasteiger partial charge >= 0.3 is 6.18 Å². The molecule has 3 aromatic carbocycles. The van der Waals surface area contributed by atoms with Gasteiger partial charge in [-0.3, -0.25) is 9.59 Å². The van der Waals surface area contributed by atoms with Crippen molar-refractivity contribution in [1.29, 1.82) is 0 Å². The molecule has 8 rings (SSSR count). The molecule has 2 fully saturated rings. The number of likely N-dealkylation sites (tertiary alicyclic amines) is 2. The number of carbonyl (C=O) groups excluding carboxylic acids is 2. The number of ether oxygens (including phenoxy) is 2. The molecule has 0 saturated carbocycles. The predicted molar refractivity (Wildman–Crippen MR) is 238 cm³/mol. The van der Waals surface area contributed by atoms with Crippen LogP contribution in [0.15, 0.2) is 91.3 Å². The molecule has 2 atom stereocenters. The molecule has 0 aliphatic carbocycles. The lowest BCUT2D eigenvalue weighted by atomic mass is 9.98. The van der Waals surface area contributed by atoms with E-state index in [1.54, 1.807) is 31.3 Å². The van der Waals surface area contributed by atoms with Crippen LogP contribution in [0, 0.1) is 12.8 Å². The highest BCUT2D eigenvalue weighted by Gasteiger charge is 2.35. The van der Waals surface area contributed by atoms with E-state index < -0.39 is 11.9 Å². The second kappa shape index (κ2) is 19.1. The fraction of sp³-hybridized carbons (Fsp3) is 0.420. The number of methoxy groups -OCH3 is 2. The monoisotopic (exact) mass is 849 g/mol. The Morgan fingerprint density at radius 3 is 1.85 bits per heavy atom. The predicted octanol–water partition coefficient (Wildman–Crippen LogP) is 11.1. The van der Waals surface area contributed by atoms with Gasteiger partial charge in [0.2, 0.25) is 0 Å². The Labute approximate surface area is 362 Å². The van der Waals surface area contributed by atoms with Gasteiger partial charge in [0.1, 0.15) is 5.69 Å². The summed E-state index contributed by atoms with van der Waals surface area (Å²) >= 11 is 0. The van der Waals surface area contributed by atoms with E-state index in [0.29, 0.717) is 42.0 Å². The van der Waals surface area contributed by atoms with Gasteiger partial charge in [0.05, 0.1) is 25.5 Å². The number of amides is 2. The van der Waals surface area contributed by atoms with Crippen molar-refractivity contribution in [2.75, 3.05) is 40.4 Å². The van der Waals surface area contributed by atoms with Crippen LogP contribution in [0.4, 0.5) is 13.2 Å². The summed E-state index contributed by atoms with van der Waals surface area (Å²) in [6.07, 6.45) is 5.22. The van der Waals surface area contributed by atoms with Crippen molar-refractivity contribution in [1.82, 2.24) is 23.9 Å². The smallest absolute Gasteiger partial charge is 0.433 e. The minimum absolute atomic E-state index is 0.0481. The molecular formula is C50H58F3N5O4. The van der Waals surface area contributed by atoms with E-state index in [2.05, 4.69) is 83.7 Å². The number of pyridine rings is 1. The number of nitrogens with zero attached hydrogens (tertiary/aromatic N) is 5. The minimum Gasteiger partial charge on any atom is -0.493 e. The summed E-state index contributed by atoms with van der Waals surface area (Å²) in [5.41, 5.74) is 5.12. The van der Waals surface area contributed by atoms with E-state index in [4.69, 9.17) is 9.47 Å². The fourth-order valence-electron chi connectivity index (χ4n) is 8.96. The maximum absolute atomic E-state index is 13.2. The molecule has 0 radical (unpaired) electrons. The first-order valence-electron chi connectivity index (χ1n) is 21.8. The Kier molecular flexibility index (Phi) is 13.6. The Morgan fingerprint density at radius 1 is 0.758 bits per heavy atom. The molecule has 328 valence electrons. The molecule has 12 heteroatoms. The van der Waals surface area contributed by atoms with Gasteiger partial charge in [-0.2, -0.15) is 13.2 Å². The highest BCUT2D eigenvalue weighted by molar-refractivity contribution is 5.96. The van der Waals surface area contributed by atoms with E-state index in [9.17, 15) is 22.8 Å². The summed E-state index contributed by atoms with van der Waals surface area (Å²) in [6, 6.07) is 24.5.